The zero-order valence-corrected chi connectivity index (χ0v) is 13.7. The van der Waals surface area contributed by atoms with E-state index in [9.17, 15) is 9.59 Å². The lowest BCUT2D eigenvalue weighted by Crippen LogP contribution is -2.20. The average molecular weight is 341 g/mol. The summed E-state index contributed by atoms with van der Waals surface area (Å²) in [5.41, 5.74) is 1.21. The quantitative estimate of drug-likeness (QED) is 0.571. The molecule has 0 unspecified atom stereocenters. The highest BCUT2D eigenvalue weighted by molar-refractivity contribution is 7.71. The SMILES string of the molecule is CC(=O)c1ccc(NC(=O)Cn2ncn(-n3cccc3)c2=S)cc1. The van der Waals surface area contributed by atoms with Crippen LogP contribution in [0.3, 0.4) is 0 Å². The second-order valence-corrected chi connectivity index (χ2v) is 5.53. The van der Waals surface area contributed by atoms with Crippen molar-refractivity contribution in [3.63, 3.8) is 0 Å². The van der Waals surface area contributed by atoms with Gasteiger partial charge in [0.1, 0.15) is 12.9 Å². The molecule has 0 saturated heterocycles. The largest absolute Gasteiger partial charge is 0.324 e. The number of nitrogens with zero attached hydrogens (tertiary/aromatic N) is 4. The van der Waals surface area contributed by atoms with E-state index in [4.69, 9.17) is 12.2 Å². The molecule has 2 heterocycles. The van der Waals surface area contributed by atoms with Crippen molar-refractivity contribution in [3.8, 4) is 0 Å². The number of nitrogens with one attached hydrogen (secondary N) is 1. The van der Waals surface area contributed by atoms with Gasteiger partial charge in [-0.3, -0.25) is 14.3 Å². The first kappa shape index (κ1) is 15.9. The summed E-state index contributed by atoms with van der Waals surface area (Å²) in [7, 11) is 0. The number of hydrogen-bond donors (Lipinski definition) is 1. The van der Waals surface area contributed by atoms with Gasteiger partial charge in [0.25, 0.3) is 0 Å². The van der Waals surface area contributed by atoms with Crippen molar-refractivity contribution in [2.24, 2.45) is 0 Å². The Morgan fingerprint density at radius 3 is 2.46 bits per heavy atom. The molecular formula is C16H15N5O2S. The van der Waals surface area contributed by atoms with E-state index >= 15 is 0 Å². The highest BCUT2D eigenvalue weighted by atomic mass is 32.1. The zero-order valence-electron chi connectivity index (χ0n) is 12.9. The molecule has 0 spiro atoms. The number of benzene rings is 1. The molecule has 7 nitrogen and oxygen atoms in total. The number of Topliss-reactive ketones (excluding diaryl/α,β-unsaturated/α-hetero) is 1. The minimum Gasteiger partial charge on any atom is -0.324 e. The maximum absolute atomic E-state index is 12.1. The molecule has 1 aromatic carbocycles. The van der Waals surface area contributed by atoms with E-state index in [1.165, 1.54) is 11.6 Å². The number of carbonyl (C=O) groups is 2. The number of hydrogen-bond acceptors (Lipinski definition) is 4. The summed E-state index contributed by atoms with van der Waals surface area (Å²) in [6.07, 6.45) is 5.22. The lowest BCUT2D eigenvalue weighted by atomic mass is 10.1. The van der Waals surface area contributed by atoms with Crippen molar-refractivity contribution < 1.29 is 9.59 Å². The third-order valence-electron chi connectivity index (χ3n) is 3.42. The Balaban J connectivity index is 1.69. The summed E-state index contributed by atoms with van der Waals surface area (Å²) in [6.45, 7) is 1.50. The van der Waals surface area contributed by atoms with Gasteiger partial charge in [0, 0.05) is 23.6 Å². The summed E-state index contributed by atoms with van der Waals surface area (Å²) in [4.78, 5) is 23.4. The lowest BCUT2D eigenvalue weighted by Gasteiger charge is -2.06. The van der Waals surface area contributed by atoms with Crippen molar-refractivity contribution in [2.75, 3.05) is 5.32 Å². The Kier molecular flexibility index (Phi) is 4.39. The van der Waals surface area contributed by atoms with Crippen LogP contribution in [-0.4, -0.2) is 30.8 Å². The van der Waals surface area contributed by atoms with Crippen LogP contribution in [0.25, 0.3) is 0 Å². The third-order valence-corrected chi connectivity index (χ3v) is 3.82. The highest BCUT2D eigenvalue weighted by Crippen LogP contribution is 2.10. The monoisotopic (exact) mass is 341 g/mol. The van der Waals surface area contributed by atoms with E-state index in [0.717, 1.165) is 0 Å². The number of amides is 1. The van der Waals surface area contributed by atoms with Crippen molar-refractivity contribution in [2.45, 2.75) is 13.5 Å². The predicted octanol–water partition coefficient (Wildman–Crippen LogP) is 2.37. The Hall–Kier alpha value is -3.00. The van der Waals surface area contributed by atoms with Crippen LogP contribution in [0.2, 0.25) is 0 Å². The molecule has 1 amide bonds. The van der Waals surface area contributed by atoms with E-state index in [2.05, 4.69) is 10.4 Å². The fraction of sp³-hybridized carbons (Fsp3) is 0.125. The fourth-order valence-corrected chi connectivity index (χ4v) is 2.44. The first-order valence-electron chi connectivity index (χ1n) is 7.23. The molecule has 8 heteroatoms. The molecule has 0 saturated carbocycles. The van der Waals surface area contributed by atoms with Gasteiger partial charge in [0.05, 0.1) is 0 Å². The number of ketones is 1. The lowest BCUT2D eigenvalue weighted by molar-refractivity contribution is -0.116. The minimum atomic E-state index is -0.251. The van der Waals surface area contributed by atoms with Crippen LogP contribution >= 0.6 is 12.2 Å². The summed E-state index contributed by atoms with van der Waals surface area (Å²) in [5, 5.41) is 6.89. The topological polar surface area (TPSA) is 73.8 Å². The normalized spacial score (nSPS) is 10.5. The van der Waals surface area contributed by atoms with Crippen LogP contribution in [-0.2, 0) is 11.3 Å². The van der Waals surface area contributed by atoms with Crippen LogP contribution in [0, 0.1) is 4.77 Å². The van der Waals surface area contributed by atoms with Gasteiger partial charge in [0.15, 0.2) is 5.78 Å². The van der Waals surface area contributed by atoms with Gasteiger partial charge in [-0.2, -0.15) is 5.10 Å². The number of aromatic nitrogens is 4. The minimum absolute atomic E-state index is 0.00155. The Labute approximate surface area is 143 Å². The van der Waals surface area contributed by atoms with E-state index in [0.29, 0.717) is 16.0 Å². The third kappa shape index (κ3) is 3.33. The van der Waals surface area contributed by atoms with Crippen LogP contribution < -0.4 is 5.32 Å². The van der Waals surface area contributed by atoms with Gasteiger partial charge in [-0.25, -0.2) is 9.36 Å². The number of anilines is 1. The van der Waals surface area contributed by atoms with Crippen LogP contribution in [0.5, 0.6) is 0 Å². The molecule has 0 bridgehead atoms. The zero-order chi connectivity index (χ0) is 17.1. The first-order valence-corrected chi connectivity index (χ1v) is 7.64. The second-order valence-electron chi connectivity index (χ2n) is 5.16. The van der Waals surface area contributed by atoms with Crippen LogP contribution in [0.1, 0.15) is 17.3 Å². The van der Waals surface area contributed by atoms with Crippen molar-refractivity contribution >= 4 is 29.6 Å². The van der Waals surface area contributed by atoms with E-state index < -0.39 is 0 Å². The Morgan fingerprint density at radius 1 is 1.17 bits per heavy atom. The molecule has 2 aromatic heterocycles. The Morgan fingerprint density at radius 2 is 1.83 bits per heavy atom. The summed E-state index contributed by atoms with van der Waals surface area (Å²) in [6, 6.07) is 10.5. The molecule has 0 fully saturated rings. The molecule has 24 heavy (non-hydrogen) atoms. The molecule has 0 aliphatic rings. The highest BCUT2D eigenvalue weighted by Gasteiger charge is 2.09. The van der Waals surface area contributed by atoms with Gasteiger partial charge < -0.3 is 5.32 Å². The fourth-order valence-electron chi connectivity index (χ4n) is 2.19. The molecule has 1 N–H and O–H groups in total. The molecule has 3 rings (SSSR count). The average Bonchev–Trinajstić information content (AvgIpc) is 3.19. The van der Waals surface area contributed by atoms with Gasteiger partial charge in [-0.15, -0.1) is 0 Å². The summed E-state index contributed by atoms with van der Waals surface area (Å²) < 4.78 is 5.27. The maximum Gasteiger partial charge on any atom is 0.246 e. The summed E-state index contributed by atoms with van der Waals surface area (Å²) >= 11 is 5.33. The maximum atomic E-state index is 12.1. The molecule has 3 aromatic rings. The van der Waals surface area contributed by atoms with Crippen molar-refractivity contribution in [1.29, 1.82) is 0 Å². The van der Waals surface area contributed by atoms with Crippen LogP contribution in [0.4, 0.5) is 5.69 Å². The van der Waals surface area contributed by atoms with Crippen molar-refractivity contribution in [1.82, 2.24) is 19.1 Å². The van der Waals surface area contributed by atoms with Gasteiger partial charge >= 0.3 is 0 Å². The van der Waals surface area contributed by atoms with E-state index in [1.807, 2.05) is 24.5 Å². The summed E-state index contributed by atoms with van der Waals surface area (Å²) in [5.74, 6) is -0.269. The molecule has 122 valence electrons. The smallest absolute Gasteiger partial charge is 0.246 e. The molecule has 0 aliphatic heterocycles. The second kappa shape index (κ2) is 6.63. The van der Waals surface area contributed by atoms with E-state index in [-0.39, 0.29) is 18.2 Å². The Bertz CT molecular complexity index is 922. The number of rotatable bonds is 5. The number of carbonyl (C=O) groups excluding carboxylic acids is 2. The predicted molar refractivity (Wildman–Crippen MR) is 91.4 cm³/mol. The van der Waals surface area contributed by atoms with Gasteiger partial charge in [-0.1, -0.05) is 0 Å². The molecule has 0 atom stereocenters. The van der Waals surface area contributed by atoms with Gasteiger partial charge in [0.2, 0.25) is 10.7 Å². The first-order chi connectivity index (χ1) is 11.5. The molecule has 0 aliphatic carbocycles. The molecular weight excluding hydrogens is 326 g/mol. The van der Waals surface area contributed by atoms with E-state index in [1.54, 1.807) is 39.9 Å². The molecule has 0 radical (unpaired) electrons. The van der Waals surface area contributed by atoms with Gasteiger partial charge in [-0.05, 0) is 55.5 Å². The van der Waals surface area contributed by atoms with Crippen LogP contribution in [0.15, 0.2) is 55.1 Å². The standard InChI is InChI=1S/C16H15N5O2S/c1-12(22)13-4-6-14(7-5-13)18-15(23)10-20-16(24)21(11-17-20)19-8-2-3-9-19/h2-9,11H,10H2,1H3,(H,18,23). The van der Waals surface area contributed by atoms with Crippen molar-refractivity contribution in [3.05, 3.63) is 65.5 Å².